The minimum Gasteiger partial charge on any atom is -0.464 e. The molecule has 2 N–H and O–H groups in total. The Bertz CT molecular complexity index is 1170. The van der Waals surface area contributed by atoms with Crippen molar-refractivity contribution >= 4 is 46.1 Å². The number of amides is 1. The fourth-order valence-electron chi connectivity index (χ4n) is 3.44. The highest BCUT2D eigenvalue weighted by molar-refractivity contribution is 7.99. The fraction of sp³-hybridized carbons (Fsp3) is 0.292. The molecular formula is C24H23ClN2O4S. The Kier molecular flexibility index (Phi) is 7.17. The van der Waals surface area contributed by atoms with Gasteiger partial charge in [0, 0.05) is 38.2 Å². The van der Waals surface area contributed by atoms with Gasteiger partial charge in [-0.25, -0.2) is 4.79 Å². The lowest BCUT2D eigenvalue weighted by molar-refractivity contribution is -0.147. The molecule has 1 aliphatic rings. The van der Waals surface area contributed by atoms with Crippen molar-refractivity contribution in [2.24, 2.45) is 5.92 Å². The van der Waals surface area contributed by atoms with E-state index in [0.29, 0.717) is 23.1 Å². The van der Waals surface area contributed by atoms with Crippen LogP contribution in [0, 0.1) is 5.92 Å². The Morgan fingerprint density at radius 3 is 2.62 bits per heavy atom. The van der Waals surface area contributed by atoms with Gasteiger partial charge in [0.25, 0.3) is 5.91 Å². The van der Waals surface area contributed by atoms with Gasteiger partial charge in [0.1, 0.15) is 6.04 Å². The lowest BCUT2D eigenvalue weighted by Crippen LogP contribution is -2.44. The average Bonchev–Trinajstić information content (AvgIpc) is 2.75. The molecule has 0 bridgehead atoms. The molecule has 32 heavy (non-hydrogen) atoms. The van der Waals surface area contributed by atoms with Crippen molar-refractivity contribution in [3.05, 3.63) is 75.5 Å². The molecule has 4 rings (SSSR count). The van der Waals surface area contributed by atoms with Crippen LogP contribution in [0.1, 0.15) is 29.6 Å². The molecule has 0 aliphatic heterocycles. The lowest BCUT2D eigenvalue weighted by atomic mass is 9.86. The predicted octanol–water partition coefficient (Wildman–Crippen LogP) is 4.42. The number of thioether (sulfide) groups is 1. The molecule has 3 aromatic rings. The Labute approximate surface area is 194 Å². The van der Waals surface area contributed by atoms with Crippen LogP contribution in [-0.4, -0.2) is 35.3 Å². The number of pyridine rings is 1. The van der Waals surface area contributed by atoms with Crippen LogP contribution in [-0.2, 0) is 9.53 Å². The summed E-state index contributed by atoms with van der Waals surface area (Å²) in [5.41, 5.74) is 0.898. The number of halogens is 1. The van der Waals surface area contributed by atoms with Gasteiger partial charge >= 0.3 is 5.97 Å². The second-order valence-corrected chi connectivity index (χ2v) is 9.31. The zero-order chi connectivity index (χ0) is 22.5. The topological polar surface area (TPSA) is 88.3 Å². The van der Waals surface area contributed by atoms with Gasteiger partial charge in [0.05, 0.1) is 6.61 Å². The molecule has 166 valence electrons. The molecule has 1 fully saturated rings. The number of benzene rings is 2. The standard InChI is InChI=1S/C24H23ClN2O4S/c25-17-10-8-16(9-11-17)23(29)27-20(24(30)31-13-15-4-3-5-15)14-32-21-12-22(28)26-19-7-2-1-6-18(19)21/h1-2,6-12,15,20H,3-5,13-14H2,(H,26,28)(H,27,29). The maximum atomic E-state index is 12.8. The van der Waals surface area contributed by atoms with Crippen LogP contribution in [0.4, 0.5) is 0 Å². The third-order valence-corrected chi connectivity index (χ3v) is 6.90. The van der Waals surface area contributed by atoms with Gasteiger partial charge in [0.2, 0.25) is 5.56 Å². The third-order valence-electron chi connectivity index (χ3n) is 5.50. The summed E-state index contributed by atoms with van der Waals surface area (Å²) in [5.74, 6) is -0.226. The van der Waals surface area contributed by atoms with Crippen LogP contribution in [0.15, 0.2) is 64.3 Å². The van der Waals surface area contributed by atoms with E-state index in [4.69, 9.17) is 16.3 Å². The fourth-order valence-corrected chi connectivity index (χ4v) is 4.65. The van der Waals surface area contributed by atoms with E-state index < -0.39 is 12.0 Å². The second kappa shape index (κ2) is 10.2. The zero-order valence-electron chi connectivity index (χ0n) is 17.3. The molecule has 1 unspecified atom stereocenters. The maximum absolute atomic E-state index is 12.8. The molecule has 6 nitrogen and oxygen atoms in total. The molecular weight excluding hydrogens is 448 g/mol. The van der Waals surface area contributed by atoms with Crippen molar-refractivity contribution in [2.75, 3.05) is 12.4 Å². The number of ether oxygens (including phenoxy) is 1. The number of nitrogens with one attached hydrogen (secondary N) is 2. The molecule has 1 atom stereocenters. The van der Waals surface area contributed by atoms with Crippen molar-refractivity contribution < 1.29 is 14.3 Å². The van der Waals surface area contributed by atoms with Crippen LogP contribution in [0.2, 0.25) is 5.02 Å². The summed E-state index contributed by atoms with van der Waals surface area (Å²) in [4.78, 5) is 41.1. The van der Waals surface area contributed by atoms with Gasteiger partial charge in [-0.2, -0.15) is 0 Å². The normalized spacial score (nSPS) is 14.5. The SMILES string of the molecule is O=C(NC(CSc1cc(=O)[nH]c2ccccc12)C(=O)OCC1CCC1)c1ccc(Cl)cc1. The smallest absolute Gasteiger partial charge is 0.329 e. The highest BCUT2D eigenvalue weighted by Crippen LogP contribution is 2.28. The zero-order valence-corrected chi connectivity index (χ0v) is 18.9. The minimum absolute atomic E-state index is 0.222. The number of hydrogen-bond donors (Lipinski definition) is 2. The quantitative estimate of drug-likeness (QED) is 0.376. The molecule has 1 saturated carbocycles. The van der Waals surface area contributed by atoms with Crippen molar-refractivity contribution in [1.82, 2.24) is 10.3 Å². The Morgan fingerprint density at radius 2 is 1.91 bits per heavy atom. The van der Waals surface area contributed by atoms with E-state index in [0.717, 1.165) is 35.1 Å². The van der Waals surface area contributed by atoms with Crippen LogP contribution in [0.25, 0.3) is 10.9 Å². The first kappa shape index (κ1) is 22.4. The van der Waals surface area contributed by atoms with Gasteiger partial charge in [0.15, 0.2) is 0 Å². The van der Waals surface area contributed by atoms with E-state index in [1.54, 1.807) is 24.3 Å². The maximum Gasteiger partial charge on any atom is 0.329 e. The Balaban J connectivity index is 1.50. The molecule has 0 spiro atoms. The summed E-state index contributed by atoms with van der Waals surface area (Å²) >= 11 is 7.24. The van der Waals surface area contributed by atoms with Crippen LogP contribution in [0.5, 0.6) is 0 Å². The summed E-state index contributed by atoms with van der Waals surface area (Å²) in [6, 6.07) is 14.6. The van der Waals surface area contributed by atoms with E-state index in [-0.39, 0.29) is 17.2 Å². The van der Waals surface area contributed by atoms with Gasteiger partial charge < -0.3 is 15.0 Å². The minimum atomic E-state index is -0.860. The monoisotopic (exact) mass is 470 g/mol. The number of rotatable bonds is 8. The highest BCUT2D eigenvalue weighted by atomic mass is 35.5. The number of fused-ring (bicyclic) bond motifs is 1. The number of esters is 1. The summed E-state index contributed by atoms with van der Waals surface area (Å²) in [7, 11) is 0. The molecule has 2 aromatic carbocycles. The van der Waals surface area contributed by atoms with Gasteiger partial charge in [-0.15, -0.1) is 11.8 Å². The number of H-pyrrole nitrogens is 1. The predicted molar refractivity (Wildman–Crippen MR) is 126 cm³/mol. The number of hydrogen-bond acceptors (Lipinski definition) is 5. The highest BCUT2D eigenvalue weighted by Gasteiger charge is 2.26. The summed E-state index contributed by atoms with van der Waals surface area (Å²) in [5, 5.41) is 4.18. The van der Waals surface area contributed by atoms with E-state index in [9.17, 15) is 14.4 Å². The first-order valence-electron chi connectivity index (χ1n) is 10.5. The lowest BCUT2D eigenvalue weighted by Gasteiger charge is -2.26. The van der Waals surface area contributed by atoms with E-state index in [1.807, 2.05) is 24.3 Å². The van der Waals surface area contributed by atoms with Crippen molar-refractivity contribution in [1.29, 1.82) is 0 Å². The number of carbonyl (C=O) groups excluding carboxylic acids is 2. The summed E-state index contributed by atoms with van der Waals surface area (Å²) < 4.78 is 5.51. The van der Waals surface area contributed by atoms with Crippen molar-refractivity contribution in [3.8, 4) is 0 Å². The Morgan fingerprint density at radius 1 is 1.16 bits per heavy atom. The van der Waals surface area contributed by atoms with Crippen LogP contribution in [0.3, 0.4) is 0 Å². The summed E-state index contributed by atoms with van der Waals surface area (Å²) in [6.07, 6.45) is 3.27. The van der Waals surface area contributed by atoms with E-state index >= 15 is 0 Å². The first-order valence-corrected chi connectivity index (χ1v) is 11.8. The van der Waals surface area contributed by atoms with E-state index in [2.05, 4.69) is 10.3 Å². The summed E-state index contributed by atoms with van der Waals surface area (Å²) in [6.45, 7) is 0.366. The average molecular weight is 471 g/mol. The first-order chi connectivity index (χ1) is 15.5. The van der Waals surface area contributed by atoms with Gasteiger partial charge in [-0.3, -0.25) is 9.59 Å². The number of carbonyl (C=O) groups is 2. The van der Waals surface area contributed by atoms with E-state index in [1.165, 1.54) is 17.8 Å². The molecule has 0 radical (unpaired) electrons. The van der Waals surface area contributed by atoms with Crippen molar-refractivity contribution in [3.63, 3.8) is 0 Å². The molecule has 8 heteroatoms. The molecule has 1 amide bonds. The number of aromatic nitrogens is 1. The largest absolute Gasteiger partial charge is 0.464 e. The second-order valence-electron chi connectivity index (χ2n) is 7.81. The number of aromatic amines is 1. The van der Waals surface area contributed by atoms with Crippen molar-refractivity contribution in [2.45, 2.75) is 30.2 Å². The Hall–Kier alpha value is -2.77. The van der Waals surface area contributed by atoms with Gasteiger partial charge in [-0.05, 0) is 49.1 Å². The molecule has 0 saturated heterocycles. The number of para-hydroxylation sites is 1. The molecule has 1 aromatic heterocycles. The molecule has 1 heterocycles. The molecule has 1 aliphatic carbocycles. The van der Waals surface area contributed by atoms with Crippen LogP contribution >= 0.6 is 23.4 Å². The van der Waals surface area contributed by atoms with Crippen LogP contribution < -0.4 is 10.9 Å². The van der Waals surface area contributed by atoms with Gasteiger partial charge in [-0.1, -0.05) is 36.2 Å². The third kappa shape index (κ3) is 5.53.